The standard InChI is InChI=1S/C41H29N/c1-26-21-27(2)42-40(22-26)30-17-15-29(16-18-30)32-23-31(28-9-4-3-5-10-28)24-33(25-32)34-19-20-39-36-12-7-6-11-35(36)38-14-8-13-37(34)41(38)39/h3-25H,1-2H3. The van der Waals surface area contributed by atoms with Crippen LogP contribution in [0, 0.1) is 13.8 Å². The normalized spacial score (nSPS) is 11.6. The number of benzene rings is 6. The molecule has 0 aliphatic heterocycles. The molecule has 0 saturated carbocycles. The lowest BCUT2D eigenvalue weighted by molar-refractivity contribution is 1.18. The Morgan fingerprint density at radius 1 is 0.381 bits per heavy atom. The van der Waals surface area contributed by atoms with Crippen molar-refractivity contribution >= 4 is 10.8 Å². The Labute approximate surface area is 246 Å². The molecule has 0 radical (unpaired) electrons. The molecule has 0 unspecified atom stereocenters. The Bertz CT molecular complexity index is 2090. The Morgan fingerprint density at radius 3 is 1.67 bits per heavy atom. The van der Waals surface area contributed by atoms with E-state index in [-0.39, 0.29) is 0 Å². The van der Waals surface area contributed by atoms with Gasteiger partial charge >= 0.3 is 0 Å². The lowest BCUT2D eigenvalue weighted by atomic mass is 9.89. The lowest BCUT2D eigenvalue weighted by Gasteiger charge is -2.14. The van der Waals surface area contributed by atoms with Gasteiger partial charge < -0.3 is 0 Å². The van der Waals surface area contributed by atoms with E-state index in [2.05, 4.69) is 153 Å². The third-order valence-corrected chi connectivity index (χ3v) is 8.51. The van der Waals surface area contributed by atoms with Gasteiger partial charge in [0.05, 0.1) is 5.69 Å². The molecule has 0 amide bonds. The summed E-state index contributed by atoms with van der Waals surface area (Å²) in [5, 5.41) is 2.65. The van der Waals surface area contributed by atoms with E-state index in [9.17, 15) is 0 Å². The average molecular weight is 536 g/mol. The molecule has 0 fully saturated rings. The minimum absolute atomic E-state index is 1.02. The van der Waals surface area contributed by atoms with Crippen molar-refractivity contribution in [3.05, 3.63) is 151 Å². The van der Waals surface area contributed by atoms with Crippen LogP contribution >= 0.6 is 0 Å². The number of fused-ring (bicyclic) bond motifs is 3. The molecule has 1 aliphatic carbocycles. The maximum absolute atomic E-state index is 4.78. The second-order valence-electron chi connectivity index (χ2n) is 11.3. The minimum Gasteiger partial charge on any atom is -0.253 e. The number of aromatic nitrogens is 1. The fourth-order valence-corrected chi connectivity index (χ4v) is 6.63. The van der Waals surface area contributed by atoms with Crippen molar-refractivity contribution in [3.63, 3.8) is 0 Å². The SMILES string of the molecule is Cc1cc(C)nc(-c2ccc(-c3cc(-c4ccccc4)cc(-c4ccc5c6c(cccc46)-c4ccccc4-5)c3)cc2)c1. The molecule has 1 aliphatic rings. The largest absolute Gasteiger partial charge is 0.253 e. The number of rotatable bonds is 4. The third-order valence-electron chi connectivity index (χ3n) is 8.51. The van der Waals surface area contributed by atoms with Gasteiger partial charge in [-0.05, 0) is 116 Å². The van der Waals surface area contributed by atoms with Gasteiger partial charge in [-0.1, -0.05) is 109 Å². The molecular weight excluding hydrogens is 506 g/mol. The van der Waals surface area contributed by atoms with Crippen LogP contribution in [0.1, 0.15) is 11.3 Å². The molecule has 6 aromatic carbocycles. The first kappa shape index (κ1) is 24.5. The van der Waals surface area contributed by atoms with Gasteiger partial charge in [0.1, 0.15) is 0 Å². The van der Waals surface area contributed by atoms with E-state index in [0.717, 1.165) is 17.0 Å². The monoisotopic (exact) mass is 535 g/mol. The van der Waals surface area contributed by atoms with Crippen LogP contribution in [0.2, 0.25) is 0 Å². The fraction of sp³-hybridized carbons (Fsp3) is 0.0488. The van der Waals surface area contributed by atoms with Gasteiger partial charge in [-0.3, -0.25) is 4.98 Å². The molecule has 1 heterocycles. The molecule has 1 nitrogen and oxygen atoms in total. The Morgan fingerprint density at radius 2 is 0.952 bits per heavy atom. The van der Waals surface area contributed by atoms with Gasteiger partial charge in [0, 0.05) is 11.3 Å². The zero-order valence-corrected chi connectivity index (χ0v) is 23.7. The van der Waals surface area contributed by atoms with Crippen LogP contribution in [0.4, 0.5) is 0 Å². The average Bonchev–Trinajstić information content (AvgIpc) is 3.36. The zero-order valence-electron chi connectivity index (χ0n) is 23.7. The predicted molar refractivity (Wildman–Crippen MR) is 177 cm³/mol. The second-order valence-corrected chi connectivity index (χ2v) is 11.3. The third kappa shape index (κ3) is 4.05. The molecule has 8 rings (SSSR count). The van der Waals surface area contributed by atoms with Crippen LogP contribution in [-0.4, -0.2) is 4.98 Å². The van der Waals surface area contributed by atoms with Gasteiger partial charge in [-0.15, -0.1) is 0 Å². The summed E-state index contributed by atoms with van der Waals surface area (Å²) in [4.78, 5) is 4.78. The van der Waals surface area contributed by atoms with Crippen molar-refractivity contribution in [1.29, 1.82) is 0 Å². The minimum atomic E-state index is 1.02. The summed E-state index contributed by atoms with van der Waals surface area (Å²) in [5.74, 6) is 0. The van der Waals surface area contributed by atoms with E-state index in [1.807, 2.05) is 0 Å². The van der Waals surface area contributed by atoms with Crippen molar-refractivity contribution in [2.75, 3.05) is 0 Å². The molecule has 0 bridgehead atoms. The molecular formula is C41H29N. The van der Waals surface area contributed by atoms with Gasteiger partial charge in [-0.25, -0.2) is 0 Å². The molecule has 198 valence electrons. The number of hydrogen-bond acceptors (Lipinski definition) is 1. The summed E-state index contributed by atoms with van der Waals surface area (Å²) in [6, 6.07) is 51.0. The zero-order chi connectivity index (χ0) is 28.2. The molecule has 0 spiro atoms. The number of hydrogen-bond donors (Lipinski definition) is 0. The first-order valence-electron chi connectivity index (χ1n) is 14.5. The highest BCUT2D eigenvalue weighted by atomic mass is 14.7. The van der Waals surface area contributed by atoms with Crippen LogP contribution < -0.4 is 0 Å². The molecule has 7 aromatic rings. The summed E-state index contributed by atoms with van der Waals surface area (Å²) in [6.45, 7) is 4.18. The van der Waals surface area contributed by atoms with E-state index in [0.29, 0.717) is 0 Å². The van der Waals surface area contributed by atoms with Crippen molar-refractivity contribution in [3.8, 4) is 66.9 Å². The Hall–Kier alpha value is -5.27. The summed E-state index contributed by atoms with van der Waals surface area (Å²) in [6.07, 6.45) is 0. The second kappa shape index (κ2) is 9.68. The van der Waals surface area contributed by atoms with Crippen LogP contribution in [0.25, 0.3) is 77.7 Å². The predicted octanol–water partition coefficient (Wildman–Crippen LogP) is 11.2. The van der Waals surface area contributed by atoms with E-state index in [1.165, 1.54) is 72.0 Å². The maximum atomic E-state index is 4.78. The molecule has 0 atom stereocenters. The number of pyridine rings is 1. The highest BCUT2D eigenvalue weighted by molar-refractivity contribution is 6.18. The first-order chi connectivity index (χ1) is 20.6. The maximum Gasteiger partial charge on any atom is 0.0707 e. The molecule has 42 heavy (non-hydrogen) atoms. The van der Waals surface area contributed by atoms with Crippen molar-refractivity contribution in [2.45, 2.75) is 13.8 Å². The summed E-state index contributed by atoms with van der Waals surface area (Å²) in [7, 11) is 0. The number of aryl methyl sites for hydroxylation is 2. The topological polar surface area (TPSA) is 12.9 Å². The molecule has 0 saturated heterocycles. The molecule has 1 aromatic heterocycles. The van der Waals surface area contributed by atoms with Gasteiger partial charge in [-0.2, -0.15) is 0 Å². The van der Waals surface area contributed by atoms with Crippen LogP contribution in [0.5, 0.6) is 0 Å². The first-order valence-corrected chi connectivity index (χ1v) is 14.5. The summed E-state index contributed by atoms with van der Waals surface area (Å²) in [5.41, 5.74) is 17.1. The molecule has 0 N–H and O–H groups in total. The summed E-state index contributed by atoms with van der Waals surface area (Å²) >= 11 is 0. The highest BCUT2D eigenvalue weighted by Crippen LogP contribution is 2.49. The Kier molecular flexibility index (Phi) is 5.65. The lowest BCUT2D eigenvalue weighted by Crippen LogP contribution is -1.90. The van der Waals surface area contributed by atoms with E-state index in [4.69, 9.17) is 4.98 Å². The van der Waals surface area contributed by atoms with Crippen LogP contribution in [0.3, 0.4) is 0 Å². The van der Waals surface area contributed by atoms with Gasteiger partial charge in [0.15, 0.2) is 0 Å². The van der Waals surface area contributed by atoms with Gasteiger partial charge in [0.2, 0.25) is 0 Å². The number of nitrogens with zero attached hydrogens (tertiary/aromatic N) is 1. The Balaban J connectivity index is 1.30. The smallest absolute Gasteiger partial charge is 0.0707 e. The van der Waals surface area contributed by atoms with Crippen molar-refractivity contribution in [1.82, 2.24) is 4.98 Å². The quantitative estimate of drug-likeness (QED) is 0.218. The van der Waals surface area contributed by atoms with Crippen LogP contribution in [-0.2, 0) is 0 Å². The molecule has 1 heteroatoms. The van der Waals surface area contributed by atoms with E-state index in [1.54, 1.807) is 0 Å². The van der Waals surface area contributed by atoms with Gasteiger partial charge in [0.25, 0.3) is 0 Å². The van der Waals surface area contributed by atoms with E-state index < -0.39 is 0 Å². The van der Waals surface area contributed by atoms with E-state index >= 15 is 0 Å². The fourth-order valence-electron chi connectivity index (χ4n) is 6.63. The van der Waals surface area contributed by atoms with Crippen molar-refractivity contribution < 1.29 is 0 Å². The van der Waals surface area contributed by atoms with Crippen molar-refractivity contribution in [2.24, 2.45) is 0 Å². The highest BCUT2D eigenvalue weighted by Gasteiger charge is 2.22. The van der Waals surface area contributed by atoms with Crippen LogP contribution in [0.15, 0.2) is 140 Å². The summed E-state index contributed by atoms with van der Waals surface area (Å²) < 4.78 is 0.